The number of rotatable bonds is 2. The SMILES string of the molecule is CC(C)(NC1=NC2(CCCC2)CS1)C1CC1. The third-order valence-corrected chi connectivity index (χ3v) is 5.53. The summed E-state index contributed by atoms with van der Waals surface area (Å²) in [5.74, 6) is 2.09. The predicted octanol–water partition coefficient (Wildman–Crippen LogP) is 3.18. The summed E-state index contributed by atoms with van der Waals surface area (Å²) >= 11 is 1.95. The van der Waals surface area contributed by atoms with Crippen LogP contribution in [0.4, 0.5) is 0 Å². The van der Waals surface area contributed by atoms with E-state index >= 15 is 0 Å². The van der Waals surface area contributed by atoms with Crippen LogP contribution in [0.3, 0.4) is 0 Å². The number of thioether (sulfide) groups is 1. The topological polar surface area (TPSA) is 24.4 Å². The van der Waals surface area contributed by atoms with Crippen molar-refractivity contribution >= 4 is 16.9 Å². The lowest BCUT2D eigenvalue weighted by molar-refractivity contribution is 0.402. The lowest BCUT2D eigenvalue weighted by Crippen LogP contribution is -2.43. The molecule has 1 N–H and O–H groups in total. The monoisotopic (exact) mass is 238 g/mol. The Bertz CT molecular complexity index is 312. The zero-order chi connectivity index (χ0) is 11.2. The van der Waals surface area contributed by atoms with E-state index in [1.807, 2.05) is 11.8 Å². The van der Waals surface area contributed by atoms with Gasteiger partial charge in [-0.3, -0.25) is 4.99 Å². The van der Waals surface area contributed by atoms with Crippen molar-refractivity contribution in [2.45, 2.75) is 63.5 Å². The maximum atomic E-state index is 4.98. The Hall–Kier alpha value is -0.180. The zero-order valence-corrected chi connectivity index (χ0v) is 11.2. The largest absolute Gasteiger partial charge is 0.360 e. The van der Waals surface area contributed by atoms with Gasteiger partial charge >= 0.3 is 0 Å². The van der Waals surface area contributed by atoms with E-state index in [-0.39, 0.29) is 5.54 Å². The van der Waals surface area contributed by atoms with Crippen LogP contribution in [0.25, 0.3) is 0 Å². The molecule has 0 amide bonds. The van der Waals surface area contributed by atoms with Gasteiger partial charge in [0.25, 0.3) is 0 Å². The Morgan fingerprint density at radius 3 is 2.62 bits per heavy atom. The normalized spacial score (nSPS) is 28.5. The minimum absolute atomic E-state index is 0.260. The molecule has 0 bridgehead atoms. The van der Waals surface area contributed by atoms with Gasteiger partial charge in [-0.05, 0) is 45.4 Å². The van der Waals surface area contributed by atoms with E-state index in [2.05, 4.69) is 19.2 Å². The minimum Gasteiger partial charge on any atom is -0.360 e. The van der Waals surface area contributed by atoms with Crippen LogP contribution in [0.1, 0.15) is 52.4 Å². The minimum atomic E-state index is 0.260. The van der Waals surface area contributed by atoms with Crippen LogP contribution >= 0.6 is 11.8 Å². The molecule has 2 saturated carbocycles. The molecule has 3 aliphatic rings. The fourth-order valence-electron chi connectivity index (χ4n) is 3.02. The van der Waals surface area contributed by atoms with Crippen molar-refractivity contribution in [2.75, 3.05) is 5.75 Å². The van der Waals surface area contributed by atoms with Gasteiger partial charge in [-0.15, -0.1) is 0 Å². The smallest absolute Gasteiger partial charge is 0.157 e. The van der Waals surface area contributed by atoms with Gasteiger partial charge in [0.05, 0.1) is 5.54 Å². The van der Waals surface area contributed by atoms with E-state index in [1.165, 1.54) is 49.4 Å². The predicted molar refractivity (Wildman–Crippen MR) is 71.0 cm³/mol. The fraction of sp³-hybridized carbons (Fsp3) is 0.923. The van der Waals surface area contributed by atoms with Gasteiger partial charge in [-0.2, -0.15) is 0 Å². The Kier molecular flexibility index (Phi) is 2.50. The van der Waals surface area contributed by atoms with Crippen molar-refractivity contribution in [2.24, 2.45) is 10.9 Å². The molecule has 0 aromatic heterocycles. The molecule has 16 heavy (non-hydrogen) atoms. The van der Waals surface area contributed by atoms with Gasteiger partial charge in [0, 0.05) is 11.3 Å². The molecular formula is C13H22N2S. The lowest BCUT2D eigenvalue weighted by atomic mass is 9.99. The molecule has 1 aliphatic heterocycles. The van der Waals surface area contributed by atoms with Crippen LogP contribution in [0.15, 0.2) is 4.99 Å². The molecule has 2 fully saturated rings. The molecule has 0 aromatic carbocycles. The molecule has 0 atom stereocenters. The second-order valence-electron chi connectivity index (χ2n) is 6.26. The second kappa shape index (κ2) is 3.66. The summed E-state index contributed by atoms with van der Waals surface area (Å²) in [5, 5.41) is 4.90. The summed E-state index contributed by atoms with van der Waals surface area (Å²) in [6, 6.07) is 0. The summed E-state index contributed by atoms with van der Waals surface area (Å²) in [6.07, 6.45) is 8.17. The van der Waals surface area contributed by atoms with Crippen LogP contribution in [0.2, 0.25) is 0 Å². The standard InChI is InChI=1S/C13H22N2S/c1-12(2,10-5-6-10)14-11-15-13(9-16-11)7-3-4-8-13/h10H,3-9H2,1-2H3,(H,14,15). The first-order valence-corrected chi connectivity index (χ1v) is 7.59. The highest BCUT2D eigenvalue weighted by Crippen LogP contribution is 2.43. The maximum absolute atomic E-state index is 4.98. The summed E-state index contributed by atoms with van der Waals surface area (Å²) in [7, 11) is 0. The van der Waals surface area contributed by atoms with Crippen molar-refractivity contribution in [1.82, 2.24) is 5.32 Å². The van der Waals surface area contributed by atoms with Crippen LogP contribution in [-0.4, -0.2) is 22.0 Å². The molecule has 1 spiro atoms. The molecule has 1 heterocycles. The van der Waals surface area contributed by atoms with Crippen LogP contribution in [-0.2, 0) is 0 Å². The Balaban J connectivity index is 1.67. The average molecular weight is 238 g/mol. The number of aliphatic imine (C=N–C) groups is 1. The molecule has 2 aliphatic carbocycles. The van der Waals surface area contributed by atoms with Crippen LogP contribution in [0, 0.1) is 5.92 Å². The van der Waals surface area contributed by atoms with Crippen LogP contribution < -0.4 is 5.32 Å². The van der Waals surface area contributed by atoms with Gasteiger partial charge in [0.1, 0.15) is 0 Å². The number of nitrogens with one attached hydrogen (secondary N) is 1. The third-order valence-electron chi connectivity index (χ3n) is 4.38. The maximum Gasteiger partial charge on any atom is 0.157 e. The van der Waals surface area contributed by atoms with Gasteiger partial charge in [-0.25, -0.2) is 0 Å². The van der Waals surface area contributed by atoms with Gasteiger partial charge in [0.2, 0.25) is 0 Å². The number of hydrogen-bond acceptors (Lipinski definition) is 3. The first-order valence-electron chi connectivity index (χ1n) is 6.61. The number of amidine groups is 1. The molecule has 0 aromatic rings. The highest BCUT2D eigenvalue weighted by Gasteiger charge is 2.42. The summed E-state index contributed by atoms with van der Waals surface area (Å²) < 4.78 is 0. The number of hydrogen-bond donors (Lipinski definition) is 1. The van der Waals surface area contributed by atoms with Gasteiger partial charge in [0.15, 0.2) is 5.17 Å². The fourth-order valence-corrected chi connectivity index (χ4v) is 4.37. The van der Waals surface area contributed by atoms with Crippen molar-refractivity contribution in [1.29, 1.82) is 0 Å². The molecule has 0 radical (unpaired) electrons. The molecule has 3 heteroatoms. The quantitative estimate of drug-likeness (QED) is 0.799. The van der Waals surface area contributed by atoms with E-state index in [4.69, 9.17) is 4.99 Å². The van der Waals surface area contributed by atoms with E-state index in [9.17, 15) is 0 Å². The number of nitrogens with zero attached hydrogens (tertiary/aromatic N) is 1. The summed E-state index contributed by atoms with van der Waals surface area (Å²) in [6.45, 7) is 4.65. The zero-order valence-electron chi connectivity index (χ0n) is 10.4. The van der Waals surface area contributed by atoms with E-state index in [0.29, 0.717) is 5.54 Å². The molecule has 2 nitrogen and oxygen atoms in total. The van der Waals surface area contributed by atoms with E-state index in [1.54, 1.807) is 0 Å². The van der Waals surface area contributed by atoms with Crippen LogP contribution in [0.5, 0.6) is 0 Å². The first kappa shape index (κ1) is 10.9. The van der Waals surface area contributed by atoms with Gasteiger partial charge < -0.3 is 5.32 Å². The van der Waals surface area contributed by atoms with E-state index < -0.39 is 0 Å². The summed E-state index contributed by atoms with van der Waals surface area (Å²) in [5.41, 5.74) is 0.586. The molecule has 3 rings (SSSR count). The lowest BCUT2D eigenvalue weighted by Gasteiger charge is -2.27. The average Bonchev–Trinajstić information content (AvgIpc) is 2.91. The Morgan fingerprint density at radius 2 is 2.00 bits per heavy atom. The molecule has 90 valence electrons. The van der Waals surface area contributed by atoms with Crippen molar-refractivity contribution in [3.8, 4) is 0 Å². The third kappa shape index (κ3) is 1.99. The molecular weight excluding hydrogens is 216 g/mol. The summed E-state index contributed by atoms with van der Waals surface area (Å²) in [4.78, 5) is 4.98. The van der Waals surface area contributed by atoms with Crippen molar-refractivity contribution < 1.29 is 0 Å². The molecule has 0 saturated heterocycles. The molecule has 0 unspecified atom stereocenters. The second-order valence-corrected chi connectivity index (χ2v) is 7.22. The van der Waals surface area contributed by atoms with Crippen molar-refractivity contribution in [3.05, 3.63) is 0 Å². The first-order chi connectivity index (χ1) is 7.60. The van der Waals surface area contributed by atoms with E-state index in [0.717, 1.165) is 5.92 Å². The Labute approximate surface area is 103 Å². The highest BCUT2D eigenvalue weighted by atomic mass is 32.2. The Morgan fingerprint density at radius 1 is 1.31 bits per heavy atom. The van der Waals surface area contributed by atoms with Gasteiger partial charge in [-0.1, -0.05) is 24.6 Å². The highest BCUT2D eigenvalue weighted by molar-refractivity contribution is 8.14. The van der Waals surface area contributed by atoms with Crippen molar-refractivity contribution in [3.63, 3.8) is 0 Å².